The molecule has 0 saturated carbocycles. The Balaban J connectivity index is 1.95. The van der Waals surface area contributed by atoms with Crippen LogP contribution in [0.15, 0.2) is 54.6 Å². The second kappa shape index (κ2) is 5.21. The molecule has 0 fully saturated rings. The number of Topliss-reactive ketones (excluding diaryl/α,β-unsaturated/α-hetero) is 1. The molecule has 3 rings (SSSR count). The van der Waals surface area contributed by atoms with Gasteiger partial charge in [-0.25, -0.2) is 0 Å². The molecule has 100 valence electrons. The van der Waals surface area contributed by atoms with E-state index in [4.69, 9.17) is 0 Å². The highest BCUT2D eigenvalue weighted by Crippen LogP contribution is 2.26. The average molecular weight is 264 g/mol. The van der Waals surface area contributed by atoms with Gasteiger partial charge < -0.3 is 10.3 Å². The fraction of sp³-hybridized carbons (Fsp3) is 0.118. The zero-order valence-electron chi connectivity index (χ0n) is 11.3. The molecule has 0 bridgehead atoms. The monoisotopic (exact) mass is 264 g/mol. The van der Waals surface area contributed by atoms with Crippen molar-refractivity contribution in [2.24, 2.45) is 0 Å². The predicted molar refractivity (Wildman–Crippen MR) is 82.1 cm³/mol. The summed E-state index contributed by atoms with van der Waals surface area (Å²) >= 11 is 0. The Morgan fingerprint density at radius 3 is 2.50 bits per heavy atom. The van der Waals surface area contributed by atoms with E-state index in [1.165, 1.54) is 5.56 Å². The van der Waals surface area contributed by atoms with Gasteiger partial charge in [0.1, 0.15) is 5.82 Å². The van der Waals surface area contributed by atoms with Crippen molar-refractivity contribution in [2.45, 2.75) is 13.5 Å². The van der Waals surface area contributed by atoms with Gasteiger partial charge in [0.25, 0.3) is 0 Å². The van der Waals surface area contributed by atoms with Crippen LogP contribution in [0.1, 0.15) is 22.8 Å². The number of benzene rings is 2. The molecule has 0 aliphatic heterocycles. The maximum Gasteiger partial charge on any atom is 0.164 e. The highest BCUT2D eigenvalue weighted by atomic mass is 16.1. The standard InChI is InChI=1S/C17H16N2O/c1-12(20)16-14-9-5-6-10-15(14)19-17(16)18-11-13-7-3-2-4-8-13/h2-10,18-19H,11H2,1H3. The molecule has 0 spiro atoms. The molecular formula is C17H16N2O. The van der Waals surface area contributed by atoms with Crippen molar-refractivity contribution in [3.8, 4) is 0 Å². The van der Waals surface area contributed by atoms with Crippen LogP contribution in [-0.2, 0) is 6.54 Å². The number of hydrogen-bond donors (Lipinski definition) is 2. The summed E-state index contributed by atoms with van der Waals surface area (Å²) < 4.78 is 0. The lowest BCUT2D eigenvalue weighted by Gasteiger charge is -2.06. The van der Waals surface area contributed by atoms with Crippen LogP contribution >= 0.6 is 0 Å². The fourth-order valence-corrected chi connectivity index (χ4v) is 2.43. The van der Waals surface area contributed by atoms with Crippen LogP contribution in [0, 0.1) is 0 Å². The van der Waals surface area contributed by atoms with Crippen LogP contribution in [0.3, 0.4) is 0 Å². The van der Waals surface area contributed by atoms with E-state index in [-0.39, 0.29) is 5.78 Å². The zero-order valence-corrected chi connectivity index (χ0v) is 11.3. The quantitative estimate of drug-likeness (QED) is 0.700. The van der Waals surface area contributed by atoms with E-state index >= 15 is 0 Å². The Bertz CT molecular complexity index is 744. The van der Waals surface area contributed by atoms with E-state index in [0.29, 0.717) is 6.54 Å². The number of aromatic amines is 1. The number of fused-ring (bicyclic) bond motifs is 1. The first kappa shape index (κ1) is 12.5. The van der Waals surface area contributed by atoms with Crippen molar-refractivity contribution in [1.82, 2.24) is 4.98 Å². The maximum atomic E-state index is 11.9. The van der Waals surface area contributed by atoms with Gasteiger partial charge in [0.2, 0.25) is 0 Å². The van der Waals surface area contributed by atoms with Crippen LogP contribution in [0.5, 0.6) is 0 Å². The minimum Gasteiger partial charge on any atom is -0.367 e. The number of rotatable bonds is 4. The molecule has 0 amide bonds. The van der Waals surface area contributed by atoms with Gasteiger partial charge in [-0.2, -0.15) is 0 Å². The SMILES string of the molecule is CC(=O)c1c(NCc2ccccc2)[nH]c2ccccc12. The molecule has 1 aromatic heterocycles. The Kier molecular flexibility index (Phi) is 3.25. The second-order valence-corrected chi connectivity index (χ2v) is 4.82. The Morgan fingerprint density at radius 2 is 1.75 bits per heavy atom. The van der Waals surface area contributed by atoms with Gasteiger partial charge in [0.15, 0.2) is 5.78 Å². The molecule has 3 aromatic rings. The number of hydrogen-bond acceptors (Lipinski definition) is 2. The van der Waals surface area contributed by atoms with E-state index in [2.05, 4.69) is 22.4 Å². The van der Waals surface area contributed by atoms with Crippen LogP contribution in [0.25, 0.3) is 10.9 Å². The van der Waals surface area contributed by atoms with Gasteiger partial charge in [-0.1, -0.05) is 48.5 Å². The number of para-hydroxylation sites is 1. The summed E-state index contributed by atoms with van der Waals surface area (Å²) in [5, 5.41) is 4.29. The first-order valence-corrected chi connectivity index (χ1v) is 6.65. The molecule has 0 unspecified atom stereocenters. The maximum absolute atomic E-state index is 11.9. The van der Waals surface area contributed by atoms with Crippen LogP contribution < -0.4 is 5.32 Å². The Hall–Kier alpha value is -2.55. The third-order valence-corrected chi connectivity index (χ3v) is 3.37. The molecular weight excluding hydrogens is 248 g/mol. The van der Waals surface area contributed by atoms with Gasteiger partial charge in [-0.05, 0) is 18.6 Å². The molecule has 2 aromatic carbocycles. The van der Waals surface area contributed by atoms with Gasteiger partial charge in [0, 0.05) is 17.4 Å². The fourth-order valence-electron chi connectivity index (χ4n) is 2.43. The minimum atomic E-state index is 0.0676. The summed E-state index contributed by atoms with van der Waals surface area (Å²) in [5.41, 5.74) is 2.89. The second-order valence-electron chi connectivity index (χ2n) is 4.82. The van der Waals surface area contributed by atoms with Gasteiger partial charge >= 0.3 is 0 Å². The summed E-state index contributed by atoms with van der Waals surface area (Å²) in [4.78, 5) is 15.2. The lowest BCUT2D eigenvalue weighted by atomic mass is 10.1. The number of carbonyl (C=O) groups is 1. The molecule has 20 heavy (non-hydrogen) atoms. The Labute approximate surface area is 117 Å². The van der Waals surface area contributed by atoms with Crippen molar-refractivity contribution in [3.05, 3.63) is 65.7 Å². The van der Waals surface area contributed by atoms with Crippen molar-refractivity contribution < 1.29 is 4.79 Å². The number of ketones is 1. The average Bonchev–Trinajstić information content (AvgIpc) is 2.84. The van der Waals surface area contributed by atoms with Crippen LogP contribution in [0.4, 0.5) is 5.82 Å². The molecule has 0 atom stereocenters. The number of anilines is 1. The smallest absolute Gasteiger partial charge is 0.164 e. The molecule has 0 saturated heterocycles. The first-order chi connectivity index (χ1) is 9.75. The summed E-state index contributed by atoms with van der Waals surface area (Å²) in [6, 6.07) is 18.0. The predicted octanol–water partition coefficient (Wildman–Crippen LogP) is 3.98. The zero-order chi connectivity index (χ0) is 13.9. The van der Waals surface area contributed by atoms with E-state index in [1.54, 1.807) is 6.92 Å². The highest BCUT2D eigenvalue weighted by Gasteiger charge is 2.14. The van der Waals surface area contributed by atoms with E-state index < -0.39 is 0 Å². The van der Waals surface area contributed by atoms with E-state index in [9.17, 15) is 4.79 Å². The van der Waals surface area contributed by atoms with E-state index in [0.717, 1.165) is 22.3 Å². The minimum absolute atomic E-state index is 0.0676. The third kappa shape index (κ3) is 2.30. The molecule has 3 heteroatoms. The van der Waals surface area contributed by atoms with Gasteiger partial charge in [-0.15, -0.1) is 0 Å². The topological polar surface area (TPSA) is 44.9 Å². The molecule has 0 radical (unpaired) electrons. The van der Waals surface area contributed by atoms with Crippen molar-refractivity contribution in [1.29, 1.82) is 0 Å². The van der Waals surface area contributed by atoms with Gasteiger partial charge in [-0.3, -0.25) is 4.79 Å². The number of aromatic nitrogens is 1. The Morgan fingerprint density at radius 1 is 1.05 bits per heavy atom. The number of nitrogens with one attached hydrogen (secondary N) is 2. The normalized spacial score (nSPS) is 10.7. The van der Waals surface area contributed by atoms with Crippen LogP contribution in [0.2, 0.25) is 0 Å². The summed E-state index contributed by atoms with van der Waals surface area (Å²) in [6.07, 6.45) is 0. The van der Waals surface area contributed by atoms with Crippen molar-refractivity contribution in [2.75, 3.05) is 5.32 Å². The summed E-state index contributed by atoms with van der Waals surface area (Å²) in [7, 11) is 0. The van der Waals surface area contributed by atoms with Crippen molar-refractivity contribution >= 4 is 22.5 Å². The summed E-state index contributed by atoms with van der Waals surface area (Å²) in [6.45, 7) is 2.29. The molecule has 2 N–H and O–H groups in total. The van der Waals surface area contributed by atoms with E-state index in [1.807, 2.05) is 42.5 Å². The molecule has 0 aliphatic rings. The van der Waals surface area contributed by atoms with Gasteiger partial charge in [0.05, 0.1) is 5.56 Å². The largest absolute Gasteiger partial charge is 0.367 e. The highest BCUT2D eigenvalue weighted by molar-refractivity contribution is 6.11. The molecule has 0 aliphatic carbocycles. The van der Waals surface area contributed by atoms with Crippen molar-refractivity contribution in [3.63, 3.8) is 0 Å². The first-order valence-electron chi connectivity index (χ1n) is 6.65. The molecule has 3 nitrogen and oxygen atoms in total. The van der Waals surface area contributed by atoms with Crippen LogP contribution in [-0.4, -0.2) is 10.8 Å². The number of carbonyl (C=O) groups excluding carboxylic acids is 1. The lowest BCUT2D eigenvalue weighted by Crippen LogP contribution is -2.03. The molecule has 1 heterocycles. The summed E-state index contributed by atoms with van der Waals surface area (Å²) in [5.74, 6) is 0.862. The lowest BCUT2D eigenvalue weighted by molar-refractivity contribution is 0.102. The third-order valence-electron chi connectivity index (χ3n) is 3.37. The number of H-pyrrole nitrogens is 1.